The predicted octanol–water partition coefficient (Wildman–Crippen LogP) is 2.66. The summed E-state index contributed by atoms with van der Waals surface area (Å²) >= 11 is 0. The molecule has 0 bridgehead atoms. The van der Waals surface area contributed by atoms with E-state index in [9.17, 15) is 4.79 Å². The SMILES string of the molecule is CCC(C)C(=O)N(CC)Cc1ccccc1N. The second-order valence-corrected chi connectivity index (χ2v) is 4.36. The number of nitrogens with zero attached hydrogens (tertiary/aromatic N) is 1. The molecule has 0 saturated heterocycles. The summed E-state index contributed by atoms with van der Waals surface area (Å²) in [5, 5.41) is 0. The fourth-order valence-corrected chi connectivity index (χ4v) is 1.72. The third kappa shape index (κ3) is 3.48. The van der Waals surface area contributed by atoms with Crippen LogP contribution in [-0.2, 0) is 11.3 Å². The minimum atomic E-state index is 0.0832. The van der Waals surface area contributed by atoms with E-state index < -0.39 is 0 Å². The number of benzene rings is 1. The van der Waals surface area contributed by atoms with Crippen LogP contribution in [0.4, 0.5) is 5.69 Å². The zero-order valence-corrected chi connectivity index (χ0v) is 10.9. The lowest BCUT2D eigenvalue weighted by Crippen LogP contribution is -2.34. The van der Waals surface area contributed by atoms with Crippen LogP contribution in [-0.4, -0.2) is 17.4 Å². The van der Waals surface area contributed by atoms with Crippen molar-refractivity contribution in [3.05, 3.63) is 29.8 Å². The van der Waals surface area contributed by atoms with E-state index in [1.807, 2.05) is 49.9 Å². The van der Waals surface area contributed by atoms with Crippen molar-refractivity contribution in [3.63, 3.8) is 0 Å². The summed E-state index contributed by atoms with van der Waals surface area (Å²) < 4.78 is 0. The van der Waals surface area contributed by atoms with Gasteiger partial charge in [0.1, 0.15) is 0 Å². The van der Waals surface area contributed by atoms with Crippen LogP contribution in [0, 0.1) is 5.92 Å². The predicted molar refractivity (Wildman–Crippen MR) is 71.4 cm³/mol. The average molecular weight is 234 g/mol. The van der Waals surface area contributed by atoms with Gasteiger partial charge < -0.3 is 10.6 Å². The van der Waals surface area contributed by atoms with Gasteiger partial charge in [-0.2, -0.15) is 0 Å². The first-order chi connectivity index (χ1) is 8.10. The Bertz CT molecular complexity index is 376. The molecule has 94 valence electrons. The molecule has 0 saturated carbocycles. The molecule has 1 aromatic carbocycles. The molecule has 0 aliphatic carbocycles. The molecule has 3 heteroatoms. The van der Waals surface area contributed by atoms with E-state index in [4.69, 9.17) is 5.73 Å². The van der Waals surface area contributed by atoms with Crippen molar-refractivity contribution < 1.29 is 4.79 Å². The summed E-state index contributed by atoms with van der Waals surface area (Å²) in [6.07, 6.45) is 0.875. The van der Waals surface area contributed by atoms with E-state index in [0.717, 1.165) is 24.2 Å². The molecule has 0 aromatic heterocycles. The molecule has 1 amide bonds. The summed E-state index contributed by atoms with van der Waals surface area (Å²) in [6.45, 7) is 7.33. The summed E-state index contributed by atoms with van der Waals surface area (Å²) in [5.41, 5.74) is 7.67. The van der Waals surface area contributed by atoms with E-state index in [2.05, 4.69) is 0 Å². The van der Waals surface area contributed by atoms with Crippen molar-refractivity contribution in [2.75, 3.05) is 12.3 Å². The maximum absolute atomic E-state index is 12.1. The van der Waals surface area contributed by atoms with Crippen LogP contribution < -0.4 is 5.73 Å². The van der Waals surface area contributed by atoms with E-state index in [-0.39, 0.29) is 11.8 Å². The van der Waals surface area contributed by atoms with Gasteiger partial charge in [-0.1, -0.05) is 32.0 Å². The molecule has 0 radical (unpaired) electrons. The molecule has 3 nitrogen and oxygen atoms in total. The third-order valence-corrected chi connectivity index (χ3v) is 3.14. The van der Waals surface area contributed by atoms with Crippen molar-refractivity contribution in [3.8, 4) is 0 Å². The molecule has 1 rings (SSSR count). The number of hydrogen-bond donors (Lipinski definition) is 1. The first-order valence-electron chi connectivity index (χ1n) is 6.22. The Morgan fingerprint density at radius 2 is 2.00 bits per heavy atom. The topological polar surface area (TPSA) is 46.3 Å². The normalized spacial score (nSPS) is 12.2. The molecular formula is C14H22N2O. The van der Waals surface area contributed by atoms with Crippen molar-refractivity contribution in [2.24, 2.45) is 5.92 Å². The number of para-hydroxylation sites is 1. The smallest absolute Gasteiger partial charge is 0.225 e. The number of amides is 1. The Hall–Kier alpha value is -1.51. The van der Waals surface area contributed by atoms with E-state index in [1.54, 1.807) is 0 Å². The molecule has 1 atom stereocenters. The lowest BCUT2D eigenvalue weighted by atomic mass is 10.1. The highest BCUT2D eigenvalue weighted by Crippen LogP contribution is 2.15. The van der Waals surface area contributed by atoms with Crippen LogP contribution >= 0.6 is 0 Å². The molecule has 1 aromatic rings. The van der Waals surface area contributed by atoms with Gasteiger partial charge >= 0.3 is 0 Å². The molecule has 17 heavy (non-hydrogen) atoms. The van der Waals surface area contributed by atoms with Gasteiger partial charge in [-0.15, -0.1) is 0 Å². The number of nitrogen functional groups attached to an aromatic ring is 1. The summed E-state index contributed by atoms with van der Waals surface area (Å²) in [4.78, 5) is 14.0. The molecule has 0 aliphatic rings. The molecular weight excluding hydrogens is 212 g/mol. The lowest BCUT2D eigenvalue weighted by molar-refractivity contribution is -0.135. The average Bonchev–Trinajstić information content (AvgIpc) is 2.36. The second-order valence-electron chi connectivity index (χ2n) is 4.36. The van der Waals surface area contributed by atoms with E-state index in [0.29, 0.717) is 6.54 Å². The van der Waals surface area contributed by atoms with Gasteiger partial charge in [0.05, 0.1) is 0 Å². The van der Waals surface area contributed by atoms with Gasteiger partial charge in [0.15, 0.2) is 0 Å². The number of carbonyl (C=O) groups excluding carboxylic acids is 1. The first-order valence-corrected chi connectivity index (χ1v) is 6.22. The standard InChI is InChI=1S/C14H22N2O/c1-4-11(3)14(17)16(5-2)10-12-8-6-7-9-13(12)15/h6-9,11H,4-5,10,15H2,1-3H3. The number of rotatable bonds is 5. The fourth-order valence-electron chi connectivity index (χ4n) is 1.72. The van der Waals surface area contributed by atoms with Gasteiger partial charge in [-0.3, -0.25) is 4.79 Å². The number of anilines is 1. The monoisotopic (exact) mass is 234 g/mol. The second kappa shape index (κ2) is 6.28. The van der Waals surface area contributed by atoms with Crippen LogP contribution in [0.25, 0.3) is 0 Å². The lowest BCUT2D eigenvalue weighted by Gasteiger charge is -2.24. The molecule has 2 N–H and O–H groups in total. The number of nitrogens with two attached hydrogens (primary N) is 1. The van der Waals surface area contributed by atoms with Crippen LogP contribution in [0.3, 0.4) is 0 Å². The quantitative estimate of drug-likeness (QED) is 0.796. The van der Waals surface area contributed by atoms with E-state index >= 15 is 0 Å². The Labute approximate surface area is 104 Å². The highest BCUT2D eigenvalue weighted by atomic mass is 16.2. The van der Waals surface area contributed by atoms with Gasteiger partial charge in [0.2, 0.25) is 5.91 Å². The Balaban J connectivity index is 2.77. The summed E-state index contributed by atoms with van der Waals surface area (Å²) in [7, 11) is 0. The minimum Gasteiger partial charge on any atom is -0.398 e. The molecule has 0 spiro atoms. The highest BCUT2D eigenvalue weighted by molar-refractivity contribution is 5.78. The Kier molecular flexibility index (Phi) is 5.01. The Morgan fingerprint density at radius 1 is 1.35 bits per heavy atom. The first kappa shape index (κ1) is 13.6. The van der Waals surface area contributed by atoms with Gasteiger partial charge in [0.25, 0.3) is 0 Å². The third-order valence-electron chi connectivity index (χ3n) is 3.14. The minimum absolute atomic E-state index is 0.0832. The fraction of sp³-hybridized carbons (Fsp3) is 0.500. The van der Waals surface area contributed by atoms with Gasteiger partial charge in [0, 0.05) is 24.7 Å². The number of carbonyl (C=O) groups is 1. The van der Waals surface area contributed by atoms with Crippen LogP contribution in [0.2, 0.25) is 0 Å². The maximum atomic E-state index is 12.1. The molecule has 0 heterocycles. The highest BCUT2D eigenvalue weighted by Gasteiger charge is 2.18. The number of hydrogen-bond acceptors (Lipinski definition) is 2. The van der Waals surface area contributed by atoms with Crippen molar-refractivity contribution in [1.29, 1.82) is 0 Å². The van der Waals surface area contributed by atoms with Crippen LogP contribution in [0.5, 0.6) is 0 Å². The van der Waals surface area contributed by atoms with Crippen molar-refractivity contribution in [1.82, 2.24) is 4.90 Å². The summed E-state index contributed by atoms with van der Waals surface area (Å²) in [6, 6.07) is 7.71. The van der Waals surface area contributed by atoms with Crippen LogP contribution in [0.15, 0.2) is 24.3 Å². The van der Waals surface area contributed by atoms with Crippen molar-refractivity contribution >= 4 is 11.6 Å². The molecule has 0 fully saturated rings. The largest absolute Gasteiger partial charge is 0.398 e. The van der Waals surface area contributed by atoms with E-state index in [1.165, 1.54) is 0 Å². The molecule has 0 aliphatic heterocycles. The molecule has 1 unspecified atom stereocenters. The zero-order chi connectivity index (χ0) is 12.8. The van der Waals surface area contributed by atoms with Crippen LogP contribution in [0.1, 0.15) is 32.8 Å². The summed E-state index contributed by atoms with van der Waals surface area (Å²) in [5.74, 6) is 0.290. The van der Waals surface area contributed by atoms with Gasteiger partial charge in [-0.05, 0) is 25.0 Å². The van der Waals surface area contributed by atoms with Gasteiger partial charge in [-0.25, -0.2) is 0 Å². The van der Waals surface area contributed by atoms with Crippen molar-refractivity contribution in [2.45, 2.75) is 33.7 Å². The zero-order valence-electron chi connectivity index (χ0n) is 10.9. The maximum Gasteiger partial charge on any atom is 0.225 e. The Morgan fingerprint density at radius 3 is 2.53 bits per heavy atom.